The lowest BCUT2D eigenvalue weighted by Gasteiger charge is -2.12. The second kappa shape index (κ2) is 7.77. The van der Waals surface area contributed by atoms with Gasteiger partial charge in [0.05, 0.1) is 10.6 Å². The van der Waals surface area contributed by atoms with E-state index in [0.29, 0.717) is 11.4 Å². The third-order valence-corrected chi connectivity index (χ3v) is 3.91. The summed E-state index contributed by atoms with van der Waals surface area (Å²) in [5.41, 5.74) is 0.717. The zero-order valence-corrected chi connectivity index (χ0v) is 14.2. The molecule has 2 aromatic carbocycles. The van der Waals surface area contributed by atoms with Crippen LogP contribution in [-0.2, 0) is 19.6 Å². The van der Waals surface area contributed by atoms with Crippen molar-refractivity contribution in [1.82, 2.24) is 0 Å². The molecule has 2 aromatic rings. The molecule has 25 heavy (non-hydrogen) atoms. The van der Waals surface area contributed by atoms with Crippen molar-refractivity contribution in [2.75, 3.05) is 17.2 Å². The molecule has 0 saturated carbocycles. The smallest absolute Gasteiger partial charge is 0.262 e. The minimum atomic E-state index is -3.86. The highest BCUT2D eigenvalue weighted by molar-refractivity contribution is 7.89. The van der Waals surface area contributed by atoms with Crippen LogP contribution in [-0.4, -0.2) is 26.8 Å². The van der Waals surface area contributed by atoms with Crippen molar-refractivity contribution >= 4 is 33.2 Å². The predicted octanol–water partition coefficient (Wildman–Crippen LogP) is 1.31. The number of nitrogens with two attached hydrogens (primary N) is 1. The van der Waals surface area contributed by atoms with Gasteiger partial charge in [-0.15, -0.1) is 0 Å². The Bertz CT molecular complexity index is 896. The number of anilines is 2. The molecule has 8 nitrogen and oxygen atoms in total. The average Bonchev–Trinajstić information content (AvgIpc) is 2.53. The van der Waals surface area contributed by atoms with Gasteiger partial charge in [0.1, 0.15) is 5.75 Å². The number of hydrogen-bond acceptors (Lipinski definition) is 5. The number of nitrogens with one attached hydrogen (secondary N) is 2. The van der Waals surface area contributed by atoms with E-state index in [4.69, 9.17) is 9.88 Å². The summed E-state index contributed by atoms with van der Waals surface area (Å²) in [5, 5.41) is 10.2. The summed E-state index contributed by atoms with van der Waals surface area (Å²) >= 11 is 0. The van der Waals surface area contributed by atoms with Crippen LogP contribution in [0, 0.1) is 0 Å². The number of ether oxygens (including phenoxy) is 1. The van der Waals surface area contributed by atoms with Crippen LogP contribution in [0.2, 0.25) is 0 Å². The van der Waals surface area contributed by atoms with Crippen LogP contribution in [0.1, 0.15) is 6.92 Å². The van der Waals surface area contributed by atoms with E-state index in [0.717, 1.165) is 0 Å². The van der Waals surface area contributed by atoms with Crippen molar-refractivity contribution in [1.29, 1.82) is 0 Å². The number of sulfonamides is 1. The van der Waals surface area contributed by atoms with Gasteiger partial charge in [-0.2, -0.15) is 0 Å². The standard InChI is InChI=1S/C16H17N3O5S/c1-11(20)18-14-7-2-3-8-15(14)24-10-16(21)19-12-5-4-6-13(9-12)25(17,22)23/h2-9H,10H2,1H3,(H,18,20)(H,19,21)(H2,17,22,23). The van der Waals surface area contributed by atoms with E-state index in [1.807, 2.05) is 0 Å². The van der Waals surface area contributed by atoms with Gasteiger partial charge < -0.3 is 15.4 Å². The molecule has 0 aromatic heterocycles. The summed E-state index contributed by atoms with van der Waals surface area (Å²) in [6, 6.07) is 12.2. The summed E-state index contributed by atoms with van der Waals surface area (Å²) in [6.07, 6.45) is 0. The second-order valence-electron chi connectivity index (χ2n) is 5.09. The van der Waals surface area contributed by atoms with Crippen molar-refractivity contribution in [3.63, 3.8) is 0 Å². The van der Waals surface area contributed by atoms with Gasteiger partial charge in [-0.05, 0) is 30.3 Å². The van der Waals surface area contributed by atoms with Crippen LogP contribution in [0.25, 0.3) is 0 Å². The third-order valence-electron chi connectivity index (χ3n) is 3.00. The van der Waals surface area contributed by atoms with Gasteiger partial charge in [-0.3, -0.25) is 9.59 Å². The topological polar surface area (TPSA) is 128 Å². The van der Waals surface area contributed by atoms with Crippen LogP contribution >= 0.6 is 0 Å². The molecule has 2 amide bonds. The normalized spacial score (nSPS) is 10.8. The largest absolute Gasteiger partial charge is 0.482 e. The highest BCUT2D eigenvalue weighted by Crippen LogP contribution is 2.23. The van der Waals surface area contributed by atoms with Crippen molar-refractivity contribution in [2.45, 2.75) is 11.8 Å². The van der Waals surface area contributed by atoms with Gasteiger partial charge in [0, 0.05) is 12.6 Å². The lowest BCUT2D eigenvalue weighted by molar-refractivity contribution is -0.118. The quantitative estimate of drug-likeness (QED) is 0.713. The van der Waals surface area contributed by atoms with Crippen molar-refractivity contribution in [2.24, 2.45) is 5.14 Å². The molecule has 9 heteroatoms. The number of hydrogen-bond donors (Lipinski definition) is 3. The molecule has 2 rings (SSSR count). The maximum absolute atomic E-state index is 12.0. The molecule has 0 spiro atoms. The summed E-state index contributed by atoms with van der Waals surface area (Å²) < 4.78 is 28.0. The SMILES string of the molecule is CC(=O)Nc1ccccc1OCC(=O)Nc1cccc(S(N)(=O)=O)c1. The van der Waals surface area contributed by atoms with Crippen LogP contribution < -0.4 is 20.5 Å². The zero-order chi connectivity index (χ0) is 18.4. The molecular formula is C16H17N3O5S. The Balaban J connectivity index is 2.01. The minimum absolute atomic E-state index is 0.109. The van der Waals surface area contributed by atoms with E-state index in [1.54, 1.807) is 24.3 Å². The Morgan fingerprint density at radius 1 is 1.08 bits per heavy atom. The van der Waals surface area contributed by atoms with E-state index in [2.05, 4.69) is 10.6 Å². The van der Waals surface area contributed by atoms with Crippen molar-refractivity contribution in [3.8, 4) is 5.75 Å². The van der Waals surface area contributed by atoms with Crippen LogP contribution in [0.3, 0.4) is 0 Å². The minimum Gasteiger partial charge on any atom is -0.482 e. The number of para-hydroxylation sites is 2. The predicted molar refractivity (Wildman–Crippen MR) is 92.7 cm³/mol. The van der Waals surface area contributed by atoms with Crippen molar-refractivity contribution < 1.29 is 22.7 Å². The second-order valence-corrected chi connectivity index (χ2v) is 6.65. The number of primary sulfonamides is 1. The Morgan fingerprint density at radius 3 is 2.48 bits per heavy atom. The Kier molecular flexibility index (Phi) is 5.73. The molecule has 132 valence electrons. The van der Waals surface area contributed by atoms with Gasteiger partial charge in [-0.25, -0.2) is 13.6 Å². The Labute approximate surface area is 145 Å². The molecule has 0 aliphatic carbocycles. The summed E-state index contributed by atoms with van der Waals surface area (Å²) in [4.78, 5) is 23.0. The number of carbonyl (C=O) groups is 2. The molecular weight excluding hydrogens is 346 g/mol. The lowest BCUT2D eigenvalue weighted by atomic mass is 10.3. The first-order valence-corrected chi connectivity index (χ1v) is 8.72. The Hall–Kier alpha value is -2.91. The first-order chi connectivity index (χ1) is 11.8. The molecule has 0 fully saturated rings. The highest BCUT2D eigenvalue weighted by atomic mass is 32.2. The molecule has 0 saturated heterocycles. The maximum atomic E-state index is 12.0. The molecule has 0 aliphatic rings. The van der Waals surface area contributed by atoms with Gasteiger partial charge >= 0.3 is 0 Å². The van der Waals surface area contributed by atoms with Crippen molar-refractivity contribution in [3.05, 3.63) is 48.5 Å². The molecule has 0 heterocycles. The fraction of sp³-hybridized carbons (Fsp3) is 0.125. The highest BCUT2D eigenvalue weighted by Gasteiger charge is 2.11. The van der Waals surface area contributed by atoms with E-state index in [1.165, 1.54) is 31.2 Å². The fourth-order valence-corrected chi connectivity index (χ4v) is 2.54. The summed E-state index contributed by atoms with van der Waals surface area (Å²) in [7, 11) is -3.86. The van der Waals surface area contributed by atoms with Crippen LogP contribution in [0.4, 0.5) is 11.4 Å². The number of carbonyl (C=O) groups excluding carboxylic acids is 2. The molecule has 0 atom stereocenters. The van der Waals surface area contributed by atoms with Gasteiger partial charge in [-0.1, -0.05) is 18.2 Å². The van der Waals surface area contributed by atoms with Gasteiger partial charge in [0.25, 0.3) is 5.91 Å². The maximum Gasteiger partial charge on any atom is 0.262 e. The van der Waals surface area contributed by atoms with E-state index in [-0.39, 0.29) is 23.1 Å². The molecule has 0 aliphatic heterocycles. The number of rotatable bonds is 6. The number of amides is 2. The monoisotopic (exact) mass is 363 g/mol. The van der Waals surface area contributed by atoms with Gasteiger partial charge in [0.2, 0.25) is 15.9 Å². The van der Waals surface area contributed by atoms with Crippen LogP contribution in [0.15, 0.2) is 53.4 Å². The van der Waals surface area contributed by atoms with E-state index >= 15 is 0 Å². The molecule has 0 bridgehead atoms. The van der Waals surface area contributed by atoms with E-state index in [9.17, 15) is 18.0 Å². The summed E-state index contributed by atoms with van der Waals surface area (Å²) in [6.45, 7) is 1.04. The third kappa shape index (κ3) is 5.59. The first-order valence-electron chi connectivity index (χ1n) is 7.18. The number of benzene rings is 2. The molecule has 4 N–H and O–H groups in total. The van der Waals surface area contributed by atoms with Crippen LogP contribution in [0.5, 0.6) is 5.75 Å². The van der Waals surface area contributed by atoms with Gasteiger partial charge in [0.15, 0.2) is 6.61 Å². The zero-order valence-electron chi connectivity index (χ0n) is 13.4. The molecule has 0 radical (unpaired) electrons. The summed E-state index contributed by atoms with van der Waals surface area (Å²) in [5.74, 6) is -0.421. The molecule has 0 unspecified atom stereocenters. The average molecular weight is 363 g/mol. The lowest BCUT2D eigenvalue weighted by Crippen LogP contribution is -2.21. The Morgan fingerprint density at radius 2 is 1.80 bits per heavy atom. The van der Waals surface area contributed by atoms with E-state index < -0.39 is 15.9 Å². The fourth-order valence-electron chi connectivity index (χ4n) is 1.98. The first kappa shape index (κ1) is 18.4.